The number of nitrogens with zero attached hydrogens (tertiary/aromatic N) is 2. The maximum Gasteiger partial charge on any atom is 0.331 e. The minimum absolute atomic E-state index is 0.240. The highest BCUT2D eigenvalue weighted by Gasteiger charge is 2.43. The minimum Gasteiger partial charge on any atom is -0.479 e. The Morgan fingerprint density at radius 2 is 1.87 bits per heavy atom. The first kappa shape index (κ1) is 20.0. The number of anilines is 1. The quantitative estimate of drug-likeness (QED) is 0.519. The third kappa shape index (κ3) is 3.65. The van der Waals surface area contributed by atoms with Crippen LogP contribution in [0.2, 0.25) is 0 Å². The van der Waals surface area contributed by atoms with Gasteiger partial charge in [0.25, 0.3) is 11.8 Å². The predicted octanol–water partition coefficient (Wildman–Crippen LogP) is 3.65. The molecule has 0 fully saturated rings. The molecule has 0 saturated carbocycles. The fraction of sp³-hybridized carbons (Fsp3) is 0.0909. The molecule has 4 rings (SSSR count). The number of carbonyl (C=O) groups excluding carboxylic acids is 2. The second-order valence-electron chi connectivity index (χ2n) is 6.73. The van der Waals surface area contributed by atoms with E-state index in [1.54, 1.807) is 66.9 Å². The maximum absolute atomic E-state index is 13.7. The number of benzene rings is 2. The van der Waals surface area contributed by atoms with E-state index in [0.29, 0.717) is 16.8 Å². The first-order chi connectivity index (χ1) is 14.5. The number of hydrogen-bond donors (Lipinski definition) is 2. The molecule has 2 amide bonds. The van der Waals surface area contributed by atoms with Crippen molar-refractivity contribution in [2.75, 3.05) is 5.32 Å². The summed E-state index contributed by atoms with van der Waals surface area (Å²) in [5.74, 6) is -2.28. The molecule has 1 aliphatic rings. The molecule has 2 N–H and O–H groups in total. The van der Waals surface area contributed by atoms with E-state index in [4.69, 9.17) is 0 Å². The average Bonchev–Trinajstić information content (AvgIpc) is 2.84. The molecule has 2 atom stereocenters. The summed E-state index contributed by atoms with van der Waals surface area (Å²) in [6.45, 7) is 0. The molecule has 2 aromatic carbocycles. The molecule has 0 spiro atoms. The Hall–Kier alpha value is -3.27. The number of aliphatic carboxylic acids is 1. The Balaban J connectivity index is 1.96. The van der Waals surface area contributed by atoms with Gasteiger partial charge in [-0.3, -0.25) is 14.6 Å². The fourth-order valence-electron chi connectivity index (χ4n) is 3.56. The second kappa shape index (κ2) is 8.23. The molecule has 0 saturated heterocycles. The number of carboxylic acid groups (broad SMARTS) is 1. The van der Waals surface area contributed by atoms with Crippen molar-refractivity contribution in [2.24, 2.45) is 0 Å². The van der Waals surface area contributed by atoms with Gasteiger partial charge in [-0.05, 0) is 52.4 Å². The van der Waals surface area contributed by atoms with Gasteiger partial charge < -0.3 is 15.3 Å². The van der Waals surface area contributed by atoms with Crippen molar-refractivity contribution >= 4 is 46.1 Å². The second-order valence-corrected chi connectivity index (χ2v) is 7.98. The molecule has 30 heavy (non-hydrogen) atoms. The zero-order valence-electron chi connectivity index (χ0n) is 15.5. The van der Waals surface area contributed by atoms with E-state index in [-0.39, 0.29) is 5.56 Å². The van der Waals surface area contributed by atoms with Crippen LogP contribution in [0.15, 0.2) is 73.1 Å². The number of amides is 2. The number of carboxylic acids is 1. The van der Waals surface area contributed by atoms with Crippen molar-refractivity contribution in [1.82, 2.24) is 9.88 Å². The number of carbonyl (C=O) groups is 3. The van der Waals surface area contributed by atoms with Gasteiger partial charge in [0.1, 0.15) is 6.04 Å². The van der Waals surface area contributed by atoms with Gasteiger partial charge in [-0.15, -0.1) is 0 Å². The Morgan fingerprint density at radius 1 is 1.10 bits per heavy atom. The maximum atomic E-state index is 13.7. The summed E-state index contributed by atoms with van der Waals surface area (Å²) < 4.78 is 0.792. The zero-order chi connectivity index (χ0) is 21.3. The van der Waals surface area contributed by atoms with E-state index in [1.165, 1.54) is 6.20 Å². The van der Waals surface area contributed by atoms with Gasteiger partial charge >= 0.3 is 5.97 Å². The molecular weight excluding hydrogens is 497 g/mol. The Kier molecular flexibility index (Phi) is 5.49. The van der Waals surface area contributed by atoms with Gasteiger partial charge in [0.2, 0.25) is 0 Å². The molecule has 2 heterocycles. The monoisotopic (exact) mass is 513 g/mol. The number of halogens is 1. The summed E-state index contributed by atoms with van der Waals surface area (Å²) >= 11 is 2.07. The summed E-state index contributed by atoms with van der Waals surface area (Å²) in [4.78, 5) is 44.5. The lowest BCUT2D eigenvalue weighted by molar-refractivity contribution is -0.144. The third-order valence-corrected chi connectivity index (χ3v) is 5.53. The largest absolute Gasteiger partial charge is 0.479 e. The molecule has 7 nitrogen and oxygen atoms in total. The van der Waals surface area contributed by atoms with Crippen LogP contribution in [0, 0.1) is 3.57 Å². The van der Waals surface area contributed by atoms with Crippen LogP contribution in [-0.4, -0.2) is 32.8 Å². The fourth-order valence-corrected chi connectivity index (χ4v) is 4.05. The van der Waals surface area contributed by atoms with E-state index in [2.05, 4.69) is 32.9 Å². The standard InChI is InChI=1S/C22H16IN3O4/c23-15-8-9-17-16(11-15)21(28)26(19(22(29)30)13-5-2-1-3-6-13)18(20(27)25-17)14-7-4-10-24-12-14/h1-12,18-19H,(H,25,27)(H,29,30). The minimum atomic E-state index is -1.36. The highest BCUT2D eigenvalue weighted by Crippen LogP contribution is 2.37. The number of nitrogens with one attached hydrogen (secondary N) is 1. The number of hydrogen-bond acceptors (Lipinski definition) is 4. The lowest BCUT2D eigenvalue weighted by Crippen LogP contribution is -2.44. The van der Waals surface area contributed by atoms with Crippen LogP contribution < -0.4 is 5.32 Å². The van der Waals surface area contributed by atoms with Gasteiger partial charge in [-0.1, -0.05) is 36.4 Å². The topological polar surface area (TPSA) is 99.6 Å². The van der Waals surface area contributed by atoms with Crippen molar-refractivity contribution < 1.29 is 19.5 Å². The highest BCUT2D eigenvalue weighted by atomic mass is 127. The lowest BCUT2D eigenvalue weighted by atomic mass is 9.98. The predicted molar refractivity (Wildman–Crippen MR) is 118 cm³/mol. The van der Waals surface area contributed by atoms with Crippen molar-refractivity contribution in [2.45, 2.75) is 12.1 Å². The number of rotatable bonds is 4. The Morgan fingerprint density at radius 3 is 2.53 bits per heavy atom. The van der Waals surface area contributed by atoms with Crippen LogP contribution in [0.1, 0.15) is 33.6 Å². The number of aromatic nitrogens is 1. The molecule has 2 unspecified atom stereocenters. The van der Waals surface area contributed by atoms with Crippen LogP contribution in [0.4, 0.5) is 5.69 Å². The highest BCUT2D eigenvalue weighted by molar-refractivity contribution is 14.1. The van der Waals surface area contributed by atoms with Crippen LogP contribution in [0.3, 0.4) is 0 Å². The average molecular weight is 513 g/mol. The normalized spacial score (nSPS) is 17.0. The van der Waals surface area contributed by atoms with Gasteiger partial charge in [0, 0.05) is 21.5 Å². The molecule has 0 aliphatic carbocycles. The van der Waals surface area contributed by atoms with Gasteiger partial charge in [-0.25, -0.2) is 4.79 Å². The molecule has 3 aromatic rings. The van der Waals surface area contributed by atoms with Crippen molar-refractivity contribution in [3.05, 3.63) is 93.3 Å². The number of pyridine rings is 1. The number of fused-ring (bicyclic) bond motifs is 1. The van der Waals surface area contributed by atoms with Gasteiger partial charge in [0.05, 0.1) is 11.3 Å². The summed E-state index contributed by atoms with van der Waals surface area (Å²) in [6.07, 6.45) is 3.02. The molecule has 8 heteroatoms. The molecule has 0 bridgehead atoms. The summed E-state index contributed by atoms with van der Waals surface area (Å²) in [6, 6.07) is 14.2. The van der Waals surface area contributed by atoms with E-state index >= 15 is 0 Å². The summed E-state index contributed by atoms with van der Waals surface area (Å²) in [5.41, 5.74) is 1.41. The molecule has 1 aromatic heterocycles. The molecular formula is C22H16IN3O4. The Bertz CT molecular complexity index is 1120. The molecule has 150 valence electrons. The summed E-state index contributed by atoms with van der Waals surface area (Å²) in [5, 5.41) is 12.9. The van der Waals surface area contributed by atoms with Crippen LogP contribution >= 0.6 is 22.6 Å². The zero-order valence-corrected chi connectivity index (χ0v) is 17.7. The molecule has 0 radical (unpaired) electrons. The van der Waals surface area contributed by atoms with E-state index in [1.807, 2.05) is 0 Å². The van der Waals surface area contributed by atoms with Crippen molar-refractivity contribution in [1.29, 1.82) is 0 Å². The van der Waals surface area contributed by atoms with Crippen molar-refractivity contribution in [3.8, 4) is 0 Å². The van der Waals surface area contributed by atoms with Crippen LogP contribution in [-0.2, 0) is 9.59 Å². The van der Waals surface area contributed by atoms with Crippen LogP contribution in [0.5, 0.6) is 0 Å². The van der Waals surface area contributed by atoms with Gasteiger partial charge in [-0.2, -0.15) is 0 Å². The van der Waals surface area contributed by atoms with Crippen molar-refractivity contribution in [3.63, 3.8) is 0 Å². The van der Waals surface area contributed by atoms with E-state index < -0.39 is 29.9 Å². The first-order valence-corrected chi connectivity index (χ1v) is 10.2. The third-order valence-electron chi connectivity index (χ3n) is 4.86. The van der Waals surface area contributed by atoms with Gasteiger partial charge in [0.15, 0.2) is 6.04 Å². The molecule has 1 aliphatic heterocycles. The lowest BCUT2D eigenvalue weighted by Gasteiger charge is -2.34. The SMILES string of the molecule is O=C(O)C(c1ccccc1)N1C(=O)c2cc(I)ccc2NC(=O)C1c1cccnc1. The van der Waals surface area contributed by atoms with Crippen LogP contribution in [0.25, 0.3) is 0 Å². The first-order valence-electron chi connectivity index (χ1n) is 9.08. The van der Waals surface area contributed by atoms with E-state index in [9.17, 15) is 19.5 Å². The van der Waals surface area contributed by atoms with E-state index in [0.717, 1.165) is 8.47 Å². The smallest absolute Gasteiger partial charge is 0.331 e. The Labute approximate surface area is 185 Å². The summed E-state index contributed by atoms with van der Waals surface area (Å²) in [7, 11) is 0.